The number of hydrogen-bond acceptors (Lipinski definition) is 6. The largest absolute Gasteiger partial charge is 0.401 e. The van der Waals surface area contributed by atoms with E-state index in [1.54, 1.807) is 25.1 Å². The molecule has 0 saturated carbocycles. The van der Waals surface area contributed by atoms with E-state index in [1.165, 1.54) is 7.05 Å². The normalized spacial score (nSPS) is 11.7. The van der Waals surface area contributed by atoms with E-state index < -0.39 is 0 Å². The van der Waals surface area contributed by atoms with Crippen LogP contribution in [0.4, 0.5) is 5.82 Å². The Balaban J connectivity index is 2.56. The fourth-order valence-corrected chi connectivity index (χ4v) is 3.10. The minimum absolute atomic E-state index is 0.0832. The topological polar surface area (TPSA) is 118 Å². The molecular formula is C24H27ClN6O. The lowest BCUT2D eigenvalue weighted by Crippen LogP contribution is -2.19. The van der Waals surface area contributed by atoms with Crippen molar-refractivity contribution >= 4 is 29.0 Å². The molecule has 0 unspecified atom stereocenters. The lowest BCUT2D eigenvalue weighted by atomic mass is 9.99. The van der Waals surface area contributed by atoms with Crippen LogP contribution in [0, 0.1) is 18.8 Å². The highest BCUT2D eigenvalue weighted by Gasteiger charge is 2.15. The van der Waals surface area contributed by atoms with Crippen molar-refractivity contribution in [1.29, 1.82) is 0 Å². The summed E-state index contributed by atoms with van der Waals surface area (Å²) in [5.41, 5.74) is 15.7. The quantitative estimate of drug-likeness (QED) is 0.397. The number of aliphatic imine (C=N–C) groups is 1. The molecule has 0 spiro atoms. The molecule has 6 N–H and O–H groups in total. The van der Waals surface area contributed by atoms with E-state index in [4.69, 9.17) is 23.1 Å². The average Bonchev–Trinajstić information content (AvgIpc) is 2.73. The van der Waals surface area contributed by atoms with Gasteiger partial charge in [-0.3, -0.25) is 4.79 Å². The number of benzene rings is 1. The van der Waals surface area contributed by atoms with Gasteiger partial charge in [0.25, 0.3) is 5.91 Å². The minimum atomic E-state index is -0.294. The van der Waals surface area contributed by atoms with Crippen molar-refractivity contribution in [2.45, 2.75) is 20.8 Å². The van der Waals surface area contributed by atoms with Crippen molar-refractivity contribution in [3.05, 3.63) is 81.4 Å². The Morgan fingerprint density at radius 1 is 1.28 bits per heavy atom. The van der Waals surface area contributed by atoms with Crippen molar-refractivity contribution in [2.24, 2.45) is 16.5 Å². The highest BCUT2D eigenvalue weighted by atomic mass is 35.5. The van der Waals surface area contributed by atoms with Gasteiger partial charge >= 0.3 is 0 Å². The summed E-state index contributed by atoms with van der Waals surface area (Å²) < 4.78 is 0. The Kier molecular flexibility index (Phi) is 8.45. The van der Waals surface area contributed by atoms with E-state index >= 15 is 0 Å². The fraction of sp³-hybridized carbons (Fsp3) is 0.208. The zero-order valence-electron chi connectivity index (χ0n) is 18.6. The number of allylic oxidation sites excluding steroid dienone is 2. The van der Waals surface area contributed by atoms with E-state index in [2.05, 4.69) is 39.0 Å². The number of pyridine rings is 1. The molecule has 1 aromatic heterocycles. The second-order valence-electron chi connectivity index (χ2n) is 6.89. The van der Waals surface area contributed by atoms with E-state index in [0.29, 0.717) is 28.1 Å². The maximum Gasteiger partial charge on any atom is 0.252 e. The van der Waals surface area contributed by atoms with Crippen LogP contribution in [0.3, 0.4) is 0 Å². The van der Waals surface area contributed by atoms with Gasteiger partial charge in [-0.15, -0.1) is 0 Å². The number of aryl methyl sites for hydroxylation is 1. The van der Waals surface area contributed by atoms with E-state index in [-0.39, 0.29) is 16.8 Å². The molecule has 0 bridgehead atoms. The average molecular weight is 451 g/mol. The predicted molar refractivity (Wildman–Crippen MR) is 132 cm³/mol. The summed E-state index contributed by atoms with van der Waals surface area (Å²) in [6.45, 7) is 10.1. The van der Waals surface area contributed by atoms with Crippen LogP contribution in [-0.2, 0) is 0 Å². The molecule has 0 aliphatic heterocycles. The Morgan fingerprint density at radius 3 is 2.53 bits per heavy atom. The number of rotatable bonds is 6. The van der Waals surface area contributed by atoms with Crippen molar-refractivity contribution in [3.63, 3.8) is 0 Å². The van der Waals surface area contributed by atoms with Gasteiger partial charge in [0.2, 0.25) is 0 Å². The third-order valence-electron chi connectivity index (χ3n) is 4.37. The summed E-state index contributed by atoms with van der Waals surface area (Å²) in [5, 5.41) is 5.98. The van der Waals surface area contributed by atoms with Gasteiger partial charge in [-0.1, -0.05) is 36.1 Å². The molecule has 0 saturated heterocycles. The third kappa shape index (κ3) is 6.13. The summed E-state index contributed by atoms with van der Waals surface area (Å²) in [6, 6.07) is 8.70. The van der Waals surface area contributed by atoms with E-state index in [9.17, 15) is 4.79 Å². The number of carbonyl (C=O) groups is 1. The molecule has 2 rings (SSSR count). The van der Waals surface area contributed by atoms with Gasteiger partial charge in [0, 0.05) is 30.4 Å². The van der Waals surface area contributed by atoms with Crippen molar-refractivity contribution in [2.75, 3.05) is 18.9 Å². The number of nitrogens with one attached hydrogen (secondary N) is 2. The number of halogens is 1. The van der Waals surface area contributed by atoms with Crippen LogP contribution in [0.1, 0.15) is 41.0 Å². The summed E-state index contributed by atoms with van der Waals surface area (Å²) >= 11 is 6.34. The Hall–Kier alpha value is -3.76. The fourth-order valence-electron chi connectivity index (χ4n) is 2.84. The van der Waals surface area contributed by atoms with Crippen LogP contribution in [-0.4, -0.2) is 30.2 Å². The van der Waals surface area contributed by atoms with Gasteiger partial charge in [0.15, 0.2) is 0 Å². The van der Waals surface area contributed by atoms with E-state index in [1.807, 2.05) is 26.0 Å². The van der Waals surface area contributed by atoms with Gasteiger partial charge < -0.3 is 22.1 Å². The minimum Gasteiger partial charge on any atom is -0.401 e. The number of aromatic nitrogens is 1. The molecule has 0 aliphatic rings. The molecule has 8 heteroatoms. The lowest BCUT2D eigenvalue weighted by Gasteiger charge is -2.11. The molecule has 1 aromatic carbocycles. The van der Waals surface area contributed by atoms with Crippen molar-refractivity contribution < 1.29 is 4.79 Å². The van der Waals surface area contributed by atoms with Crippen LogP contribution < -0.4 is 22.1 Å². The number of amides is 1. The Labute approximate surface area is 193 Å². The molecule has 0 radical (unpaired) electrons. The second-order valence-corrected chi connectivity index (χ2v) is 7.30. The zero-order chi connectivity index (χ0) is 23.8. The number of carbonyl (C=O) groups excluding carboxylic acids is 1. The molecule has 0 fully saturated rings. The van der Waals surface area contributed by atoms with Crippen LogP contribution in [0.25, 0.3) is 0 Å². The summed E-state index contributed by atoms with van der Waals surface area (Å²) in [5.74, 6) is 6.78. The summed E-state index contributed by atoms with van der Waals surface area (Å²) in [7, 11) is 1.54. The van der Waals surface area contributed by atoms with Gasteiger partial charge in [-0.2, -0.15) is 0 Å². The number of nitrogens with zero attached hydrogens (tertiary/aromatic N) is 2. The molecule has 1 heterocycles. The van der Waals surface area contributed by atoms with E-state index in [0.717, 1.165) is 23.6 Å². The molecule has 0 aliphatic carbocycles. The first kappa shape index (κ1) is 24.5. The van der Waals surface area contributed by atoms with Gasteiger partial charge in [0.1, 0.15) is 11.6 Å². The van der Waals surface area contributed by atoms with Crippen molar-refractivity contribution in [3.8, 4) is 11.8 Å². The maximum atomic E-state index is 12.0. The number of hydrogen-bond donors (Lipinski definition) is 4. The van der Waals surface area contributed by atoms with Gasteiger partial charge in [0.05, 0.1) is 27.6 Å². The molecule has 1 amide bonds. The lowest BCUT2D eigenvalue weighted by molar-refractivity contribution is 0.0963. The Bertz CT molecular complexity index is 1170. The first-order valence-corrected chi connectivity index (χ1v) is 10.3. The zero-order valence-corrected chi connectivity index (χ0v) is 19.4. The smallest absolute Gasteiger partial charge is 0.252 e. The molecule has 0 atom stereocenters. The first-order chi connectivity index (χ1) is 15.2. The predicted octanol–water partition coefficient (Wildman–Crippen LogP) is 3.34. The van der Waals surface area contributed by atoms with Gasteiger partial charge in [-0.25, -0.2) is 9.98 Å². The molecule has 7 nitrogen and oxygen atoms in total. The van der Waals surface area contributed by atoms with Crippen LogP contribution in [0.5, 0.6) is 0 Å². The SMILES string of the molecule is C=C(N)N=C(/C(C#Cc1ccc(NCC)nc1C)=C(/C)N)c1ccc(C(=O)NC)c(Cl)c1. The summed E-state index contributed by atoms with van der Waals surface area (Å²) in [6.07, 6.45) is 0. The number of anilines is 1. The maximum absolute atomic E-state index is 12.0. The van der Waals surface area contributed by atoms with Crippen LogP contribution >= 0.6 is 11.6 Å². The molecule has 2 aromatic rings. The van der Waals surface area contributed by atoms with Crippen molar-refractivity contribution in [1.82, 2.24) is 10.3 Å². The molecule has 166 valence electrons. The molecule has 32 heavy (non-hydrogen) atoms. The number of nitrogens with two attached hydrogens (primary N) is 2. The third-order valence-corrected chi connectivity index (χ3v) is 4.68. The first-order valence-electron chi connectivity index (χ1n) is 9.93. The Morgan fingerprint density at radius 2 is 2.00 bits per heavy atom. The second kappa shape index (κ2) is 11.0. The highest BCUT2D eigenvalue weighted by molar-refractivity contribution is 6.34. The molecular weight excluding hydrogens is 424 g/mol. The van der Waals surface area contributed by atoms with Crippen LogP contribution in [0.15, 0.2) is 59.0 Å². The monoisotopic (exact) mass is 450 g/mol. The highest BCUT2D eigenvalue weighted by Crippen LogP contribution is 2.22. The summed E-state index contributed by atoms with van der Waals surface area (Å²) in [4.78, 5) is 20.8. The van der Waals surface area contributed by atoms with Crippen LogP contribution in [0.2, 0.25) is 5.02 Å². The standard InChI is InChI=1S/C24H27ClN6O/c1-6-29-22-12-9-17(15(3)30-22)7-10-19(14(2)26)23(31-16(4)27)18-8-11-20(21(25)13-18)24(32)28-5/h8-9,11-13H,4,6,26-27H2,1-3,5H3,(H,28,32)(H,29,30)/b19-14-,31-23?. The van der Waals surface area contributed by atoms with Gasteiger partial charge in [-0.05, 0) is 45.0 Å².